The van der Waals surface area contributed by atoms with E-state index in [1.165, 1.54) is 0 Å². The predicted molar refractivity (Wildman–Crippen MR) is 72.9 cm³/mol. The van der Waals surface area contributed by atoms with Crippen LogP contribution >= 0.6 is 15.9 Å². The molecule has 1 heterocycles. The lowest BCUT2D eigenvalue weighted by Gasteiger charge is -2.34. The largest absolute Gasteiger partial charge is 0.330 e. The van der Waals surface area contributed by atoms with Crippen LogP contribution in [0, 0.1) is 0 Å². The second-order valence-electron chi connectivity index (χ2n) is 4.74. The third-order valence-corrected chi connectivity index (χ3v) is 2.81. The lowest BCUT2D eigenvalue weighted by atomic mass is 10.0. The standard InChI is InChI=1S/C13H17BrN2O/c1-5-8-16(13(2,3)4)12(17)10-6-7-11(14)15-9-10/h5-7,9H,1,8H2,2-4H3. The number of carbonyl (C=O) groups is 1. The molecule has 0 aliphatic carbocycles. The van der Waals surface area contributed by atoms with Crippen molar-refractivity contribution in [3.8, 4) is 0 Å². The fourth-order valence-electron chi connectivity index (χ4n) is 1.45. The molecule has 1 aromatic rings. The van der Waals surface area contributed by atoms with Crippen molar-refractivity contribution in [3.63, 3.8) is 0 Å². The molecule has 0 saturated heterocycles. The first-order valence-electron chi connectivity index (χ1n) is 5.40. The molecule has 0 fully saturated rings. The van der Waals surface area contributed by atoms with Crippen molar-refractivity contribution in [2.24, 2.45) is 0 Å². The maximum Gasteiger partial charge on any atom is 0.256 e. The van der Waals surface area contributed by atoms with Gasteiger partial charge in [-0.15, -0.1) is 6.58 Å². The summed E-state index contributed by atoms with van der Waals surface area (Å²) in [6.45, 7) is 10.2. The van der Waals surface area contributed by atoms with Gasteiger partial charge in [-0.1, -0.05) is 6.08 Å². The van der Waals surface area contributed by atoms with Crippen molar-refractivity contribution in [2.45, 2.75) is 26.3 Å². The molecule has 17 heavy (non-hydrogen) atoms. The number of rotatable bonds is 3. The number of halogens is 1. The lowest BCUT2D eigenvalue weighted by Crippen LogP contribution is -2.45. The number of pyridine rings is 1. The molecule has 0 atom stereocenters. The Morgan fingerprint density at radius 1 is 1.53 bits per heavy atom. The topological polar surface area (TPSA) is 33.2 Å². The summed E-state index contributed by atoms with van der Waals surface area (Å²) in [5, 5.41) is 0. The monoisotopic (exact) mass is 296 g/mol. The van der Waals surface area contributed by atoms with Crippen molar-refractivity contribution >= 4 is 21.8 Å². The minimum Gasteiger partial charge on any atom is -0.330 e. The van der Waals surface area contributed by atoms with Crippen molar-refractivity contribution in [2.75, 3.05) is 6.54 Å². The highest BCUT2D eigenvalue weighted by Crippen LogP contribution is 2.17. The molecule has 1 aromatic heterocycles. The Balaban J connectivity index is 3.00. The van der Waals surface area contributed by atoms with Crippen LogP contribution in [0.3, 0.4) is 0 Å². The third kappa shape index (κ3) is 3.66. The van der Waals surface area contributed by atoms with E-state index in [9.17, 15) is 4.79 Å². The van der Waals surface area contributed by atoms with E-state index < -0.39 is 0 Å². The molecule has 1 amide bonds. The van der Waals surface area contributed by atoms with Gasteiger partial charge in [0.15, 0.2) is 0 Å². The van der Waals surface area contributed by atoms with Gasteiger partial charge in [-0.05, 0) is 48.8 Å². The Labute approximate surface area is 111 Å². The number of carbonyl (C=O) groups excluding carboxylic acids is 1. The average molecular weight is 297 g/mol. The van der Waals surface area contributed by atoms with E-state index in [2.05, 4.69) is 27.5 Å². The Kier molecular flexibility index (Phi) is 4.46. The van der Waals surface area contributed by atoms with E-state index in [-0.39, 0.29) is 11.4 Å². The molecule has 0 aliphatic rings. The van der Waals surface area contributed by atoms with Gasteiger partial charge in [-0.3, -0.25) is 4.79 Å². The molecular weight excluding hydrogens is 280 g/mol. The maximum absolute atomic E-state index is 12.3. The fraction of sp³-hybridized carbons (Fsp3) is 0.385. The van der Waals surface area contributed by atoms with Crippen LogP contribution < -0.4 is 0 Å². The van der Waals surface area contributed by atoms with E-state index in [1.807, 2.05) is 20.8 Å². The zero-order chi connectivity index (χ0) is 13.1. The van der Waals surface area contributed by atoms with Crippen LogP contribution in [0.5, 0.6) is 0 Å². The molecule has 1 rings (SSSR count). The van der Waals surface area contributed by atoms with Crippen LogP contribution in [0.4, 0.5) is 0 Å². The highest BCUT2D eigenvalue weighted by atomic mass is 79.9. The summed E-state index contributed by atoms with van der Waals surface area (Å²) in [6, 6.07) is 3.53. The van der Waals surface area contributed by atoms with Crippen LogP contribution in [0.2, 0.25) is 0 Å². The number of amides is 1. The minimum absolute atomic E-state index is 0.0302. The molecule has 0 radical (unpaired) electrons. The van der Waals surface area contributed by atoms with E-state index in [0.717, 1.165) is 4.60 Å². The first kappa shape index (κ1) is 13.9. The van der Waals surface area contributed by atoms with E-state index in [1.54, 1.807) is 29.3 Å². The van der Waals surface area contributed by atoms with E-state index >= 15 is 0 Å². The quantitative estimate of drug-likeness (QED) is 0.633. The van der Waals surface area contributed by atoms with Gasteiger partial charge < -0.3 is 4.90 Å². The molecule has 0 bridgehead atoms. The Bertz CT molecular complexity index is 406. The Hall–Kier alpha value is -1.16. The highest BCUT2D eigenvalue weighted by Gasteiger charge is 2.26. The van der Waals surface area contributed by atoms with Crippen molar-refractivity contribution in [1.82, 2.24) is 9.88 Å². The molecule has 0 spiro atoms. The van der Waals surface area contributed by atoms with E-state index in [4.69, 9.17) is 0 Å². The minimum atomic E-state index is -0.238. The number of aromatic nitrogens is 1. The smallest absolute Gasteiger partial charge is 0.256 e. The first-order valence-corrected chi connectivity index (χ1v) is 6.20. The molecule has 92 valence electrons. The second-order valence-corrected chi connectivity index (χ2v) is 5.56. The molecule has 4 heteroatoms. The van der Waals surface area contributed by atoms with Crippen LogP contribution in [-0.4, -0.2) is 27.9 Å². The molecule has 0 N–H and O–H groups in total. The summed E-state index contributed by atoms with van der Waals surface area (Å²) < 4.78 is 0.722. The van der Waals surface area contributed by atoms with Gasteiger partial charge in [-0.2, -0.15) is 0 Å². The molecule has 0 saturated carbocycles. The average Bonchev–Trinajstić information content (AvgIpc) is 2.24. The zero-order valence-corrected chi connectivity index (χ0v) is 12.0. The second kappa shape index (κ2) is 5.45. The van der Waals surface area contributed by atoms with Crippen LogP contribution in [0.25, 0.3) is 0 Å². The van der Waals surface area contributed by atoms with Gasteiger partial charge in [0.25, 0.3) is 5.91 Å². The highest BCUT2D eigenvalue weighted by molar-refractivity contribution is 9.10. The van der Waals surface area contributed by atoms with Gasteiger partial charge in [0.2, 0.25) is 0 Å². The normalized spacial score (nSPS) is 11.1. The summed E-state index contributed by atoms with van der Waals surface area (Å²) in [5.74, 6) is -0.0302. The molecule has 0 aliphatic heterocycles. The van der Waals surface area contributed by atoms with Crippen LogP contribution in [0.1, 0.15) is 31.1 Å². The van der Waals surface area contributed by atoms with Gasteiger partial charge in [0.05, 0.1) is 5.56 Å². The van der Waals surface area contributed by atoms with Gasteiger partial charge in [0, 0.05) is 18.3 Å². The Morgan fingerprint density at radius 3 is 2.59 bits per heavy atom. The van der Waals surface area contributed by atoms with Gasteiger partial charge in [0.1, 0.15) is 4.60 Å². The SMILES string of the molecule is C=CCN(C(=O)c1ccc(Br)nc1)C(C)(C)C. The molecule has 0 unspecified atom stereocenters. The lowest BCUT2D eigenvalue weighted by molar-refractivity contribution is 0.0616. The molecule has 3 nitrogen and oxygen atoms in total. The van der Waals surface area contributed by atoms with Crippen molar-refractivity contribution < 1.29 is 4.79 Å². The van der Waals surface area contributed by atoms with Crippen molar-refractivity contribution in [1.29, 1.82) is 0 Å². The third-order valence-electron chi connectivity index (χ3n) is 2.34. The van der Waals surface area contributed by atoms with Crippen molar-refractivity contribution in [3.05, 3.63) is 41.2 Å². The summed E-state index contributed by atoms with van der Waals surface area (Å²) >= 11 is 3.25. The Morgan fingerprint density at radius 2 is 2.18 bits per heavy atom. The summed E-state index contributed by atoms with van der Waals surface area (Å²) in [6.07, 6.45) is 3.31. The van der Waals surface area contributed by atoms with E-state index in [0.29, 0.717) is 12.1 Å². The van der Waals surface area contributed by atoms with Crippen LogP contribution in [0.15, 0.2) is 35.6 Å². The number of hydrogen-bond acceptors (Lipinski definition) is 2. The summed E-state index contributed by atoms with van der Waals surface area (Å²) in [5.41, 5.74) is 0.350. The fourth-order valence-corrected chi connectivity index (χ4v) is 1.68. The van der Waals surface area contributed by atoms with Gasteiger partial charge >= 0.3 is 0 Å². The van der Waals surface area contributed by atoms with Gasteiger partial charge in [-0.25, -0.2) is 4.98 Å². The number of nitrogens with zero attached hydrogens (tertiary/aromatic N) is 2. The molecular formula is C13H17BrN2O. The molecule has 0 aromatic carbocycles. The predicted octanol–water partition coefficient (Wildman–Crippen LogP) is 3.27. The summed E-state index contributed by atoms with van der Waals surface area (Å²) in [4.78, 5) is 18.2. The maximum atomic E-state index is 12.3. The number of hydrogen-bond donors (Lipinski definition) is 0. The van der Waals surface area contributed by atoms with Crippen LogP contribution in [-0.2, 0) is 0 Å². The summed E-state index contributed by atoms with van der Waals surface area (Å²) in [7, 11) is 0. The first-order chi connectivity index (χ1) is 7.86. The zero-order valence-electron chi connectivity index (χ0n) is 10.4.